The fourth-order valence-corrected chi connectivity index (χ4v) is 4.96. The van der Waals surface area contributed by atoms with Gasteiger partial charge in [0.15, 0.2) is 0 Å². The molecule has 1 unspecified atom stereocenters. The third-order valence-corrected chi connectivity index (χ3v) is 6.82. The topological polar surface area (TPSA) is 88.9 Å². The number of nitriles is 1. The van der Waals surface area contributed by atoms with E-state index < -0.39 is 5.60 Å². The highest BCUT2D eigenvalue weighted by Gasteiger charge is 2.29. The Morgan fingerprint density at radius 1 is 0.973 bits per heavy atom. The van der Waals surface area contributed by atoms with Gasteiger partial charge in [-0.2, -0.15) is 5.26 Å². The number of carbonyl (C=O) groups excluding carboxylic acids is 2. The van der Waals surface area contributed by atoms with Gasteiger partial charge < -0.3 is 24.8 Å². The monoisotopic (exact) mass is 503 g/mol. The quantitative estimate of drug-likeness (QED) is 0.608. The van der Waals surface area contributed by atoms with Crippen LogP contribution in [0.15, 0.2) is 48.5 Å². The van der Waals surface area contributed by atoms with Gasteiger partial charge in [-0.3, -0.25) is 4.79 Å². The number of amides is 2. The first-order chi connectivity index (χ1) is 17.7. The summed E-state index contributed by atoms with van der Waals surface area (Å²) in [4.78, 5) is 31.2. The molecule has 4 rings (SSSR count). The lowest BCUT2D eigenvalue weighted by molar-refractivity contribution is -0.122. The van der Waals surface area contributed by atoms with E-state index >= 15 is 0 Å². The molecule has 2 aromatic rings. The zero-order chi connectivity index (χ0) is 26.4. The summed E-state index contributed by atoms with van der Waals surface area (Å²) in [7, 11) is 0. The van der Waals surface area contributed by atoms with Gasteiger partial charge in [-0.1, -0.05) is 24.3 Å². The third-order valence-electron chi connectivity index (χ3n) is 6.82. The van der Waals surface area contributed by atoms with Crippen molar-refractivity contribution in [1.29, 1.82) is 5.26 Å². The zero-order valence-corrected chi connectivity index (χ0v) is 22.1. The number of piperidine rings is 1. The Labute approximate surface area is 219 Å². The molecule has 1 N–H and O–H groups in total. The van der Waals surface area contributed by atoms with E-state index in [0.29, 0.717) is 13.1 Å². The van der Waals surface area contributed by atoms with Crippen molar-refractivity contribution in [2.75, 3.05) is 49.1 Å². The lowest BCUT2D eigenvalue weighted by Crippen LogP contribution is -2.50. The van der Waals surface area contributed by atoms with Crippen LogP contribution >= 0.6 is 0 Å². The van der Waals surface area contributed by atoms with Crippen LogP contribution in [0.4, 0.5) is 16.2 Å². The van der Waals surface area contributed by atoms with Gasteiger partial charge in [0.25, 0.3) is 0 Å². The van der Waals surface area contributed by atoms with Gasteiger partial charge in [-0.25, -0.2) is 4.79 Å². The van der Waals surface area contributed by atoms with Crippen LogP contribution in [0, 0.1) is 11.3 Å². The van der Waals surface area contributed by atoms with Crippen molar-refractivity contribution in [1.82, 2.24) is 10.2 Å². The Hall–Kier alpha value is -3.73. The number of anilines is 2. The molecule has 2 fully saturated rings. The number of piperazine rings is 1. The van der Waals surface area contributed by atoms with E-state index in [1.807, 2.05) is 32.9 Å². The van der Waals surface area contributed by atoms with Crippen LogP contribution in [0.1, 0.15) is 40.0 Å². The van der Waals surface area contributed by atoms with Gasteiger partial charge in [0.2, 0.25) is 5.91 Å². The minimum absolute atomic E-state index is 0.0333. The van der Waals surface area contributed by atoms with Gasteiger partial charge in [0, 0.05) is 44.1 Å². The Bertz CT molecular complexity index is 1130. The van der Waals surface area contributed by atoms with Crippen molar-refractivity contribution in [2.45, 2.75) is 51.7 Å². The lowest BCUT2D eigenvalue weighted by Gasteiger charge is -2.37. The maximum Gasteiger partial charge on any atom is 0.410 e. The first kappa shape index (κ1) is 26.3. The molecule has 2 saturated heterocycles. The van der Waals surface area contributed by atoms with Crippen LogP contribution < -0.4 is 15.1 Å². The van der Waals surface area contributed by atoms with Crippen molar-refractivity contribution in [3.63, 3.8) is 0 Å². The Kier molecular flexibility index (Phi) is 8.22. The fourth-order valence-electron chi connectivity index (χ4n) is 4.96. The summed E-state index contributed by atoms with van der Waals surface area (Å²) in [5.74, 6) is -0.0808. The van der Waals surface area contributed by atoms with E-state index in [-0.39, 0.29) is 24.6 Å². The van der Waals surface area contributed by atoms with E-state index in [1.165, 1.54) is 0 Å². The normalized spacial score (nSPS) is 18.2. The van der Waals surface area contributed by atoms with Gasteiger partial charge in [-0.05, 0) is 75.4 Å². The number of benzene rings is 2. The molecule has 2 amide bonds. The zero-order valence-electron chi connectivity index (χ0n) is 22.1. The van der Waals surface area contributed by atoms with Crippen LogP contribution in [0.2, 0.25) is 0 Å². The van der Waals surface area contributed by atoms with Gasteiger partial charge in [-0.15, -0.1) is 0 Å². The average molecular weight is 504 g/mol. The molecular weight excluding hydrogens is 466 g/mol. The first-order valence-electron chi connectivity index (χ1n) is 13.1. The number of carbonyl (C=O) groups is 2. The molecule has 0 radical (unpaired) electrons. The number of nitrogens with one attached hydrogen (secondary N) is 1. The van der Waals surface area contributed by atoms with Gasteiger partial charge in [0.05, 0.1) is 6.07 Å². The number of ether oxygens (including phenoxy) is 1. The molecule has 0 spiro atoms. The van der Waals surface area contributed by atoms with Crippen molar-refractivity contribution in [3.05, 3.63) is 48.5 Å². The second-order valence-electron chi connectivity index (χ2n) is 10.6. The summed E-state index contributed by atoms with van der Waals surface area (Å²) < 4.78 is 5.50. The van der Waals surface area contributed by atoms with E-state index in [0.717, 1.165) is 61.4 Å². The molecule has 196 valence electrons. The third kappa shape index (κ3) is 6.73. The Balaban J connectivity index is 1.41. The van der Waals surface area contributed by atoms with Gasteiger partial charge >= 0.3 is 6.09 Å². The molecule has 1 atom stereocenters. The van der Waals surface area contributed by atoms with Crippen molar-refractivity contribution in [3.8, 4) is 17.2 Å². The Morgan fingerprint density at radius 2 is 1.70 bits per heavy atom. The summed E-state index contributed by atoms with van der Waals surface area (Å²) in [5.41, 5.74) is 3.88. The lowest BCUT2D eigenvalue weighted by atomic mass is 9.98. The molecule has 2 aliphatic heterocycles. The van der Waals surface area contributed by atoms with Crippen molar-refractivity contribution >= 4 is 23.4 Å². The summed E-state index contributed by atoms with van der Waals surface area (Å²) in [6.07, 6.45) is 2.59. The fraction of sp³-hybridized carbons (Fsp3) is 0.483. The van der Waals surface area contributed by atoms with E-state index in [2.05, 4.69) is 57.6 Å². The smallest absolute Gasteiger partial charge is 0.410 e. The summed E-state index contributed by atoms with van der Waals surface area (Å²) >= 11 is 0. The highest BCUT2D eigenvalue weighted by Crippen LogP contribution is 2.30. The van der Waals surface area contributed by atoms with Crippen molar-refractivity contribution < 1.29 is 14.3 Å². The summed E-state index contributed by atoms with van der Waals surface area (Å²) in [6, 6.07) is 18.6. The van der Waals surface area contributed by atoms with Crippen LogP contribution in [0.3, 0.4) is 0 Å². The SMILES string of the molecule is CC(C)(C)OC(=O)N1CCN(c2ccc(-c3cccc(N4CCCCC4C(=O)NCC#N)c3)cc2)CC1. The van der Waals surface area contributed by atoms with E-state index in [4.69, 9.17) is 10.00 Å². The predicted molar refractivity (Wildman–Crippen MR) is 146 cm³/mol. The molecule has 0 aromatic heterocycles. The summed E-state index contributed by atoms with van der Waals surface area (Å²) in [6.45, 7) is 9.31. The van der Waals surface area contributed by atoms with Crippen LogP contribution in [0.25, 0.3) is 11.1 Å². The highest BCUT2D eigenvalue weighted by atomic mass is 16.6. The van der Waals surface area contributed by atoms with Crippen molar-refractivity contribution in [2.24, 2.45) is 0 Å². The number of hydrogen-bond acceptors (Lipinski definition) is 6. The maximum atomic E-state index is 12.7. The molecule has 0 aliphatic carbocycles. The predicted octanol–water partition coefficient (Wildman–Crippen LogP) is 4.41. The average Bonchev–Trinajstić information content (AvgIpc) is 2.91. The summed E-state index contributed by atoms with van der Waals surface area (Å²) in [5, 5.41) is 11.6. The number of rotatable bonds is 5. The van der Waals surface area contributed by atoms with Crippen LogP contribution in [0.5, 0.6) is 0 Å². The van der Waals surface area contributed by atoms with E-state index in [9.17, 15) is 9.59 Å². The Morgan fingerprint density at radius 3 is 2.38 bits per heavy atom. The minimum atomic E-state index is -0.486. The molecule has 8 heteroatoms. The first-order valence-corrected chi connectivity index (χ1v) is 13.1. The maximum absolute atomic E-state index is 12.7. The second kappa shape index (κ2) is 11.5. The minimum Gasteiger partial charge on any atom is -0.444 e. The standard InChI is InChI=1S/C29H37N5O3/c1-29(2,3)37-28(36)33-19-17-32(18-20-33)24-12-10-22(11-13-24)23-7-6-8-25(21-23)34-16-5-4-9-26(34)27(35)31-15-14-30/h6-8,10-13,21,26H,4-5,9,15-20H2,1-3H3,(H,31,35). The van der Waals surface area contributed by atoms with E-state index in [1.54, 1.807) is 4.90 Å². The van der Waals surface area contributed by atoms with Crippen LogP contribution in [-0.2, 0) is 9.53 Å². The second-order valence-corrected chi connectivity index (χ2v) is 10.6. The molecule has 2 heterocycles. The number of hydrogen-bond donors (Lipinski definition) is 1. The molecular formula is C29H37N5O3. The molecule has 2 aliphatic rings. The molecule has 37 heavy (non-hydrogen) atoms. The highest BCUT2D eigenvalue weighted by molar-refractivity contribution is 5.86. The van der Waals surface area contributed by atoms with Gasteiger partial charge in [0.1, 0.15) is 18.2 Å². The molecule has 2 aromatic carbocycles. The molecule has 8 nitrogen and oxygen atoms in total. The number of nitrogens with zero attached hydrogens (tertiary/aromatic N) is 4. The molecule has 0 bridgehead atoms. The largest absolute Gasteiger partial charge is 0.444 e. The molecule has 0 saturated carbocycles. The van der Waals surface area contributed by atoms with Crippen LogP contribution in [-0.4, -0.2) is 67.8 Å².